The van der Waals surface area contributed by atoms with Crippen LogP contribution in [0, 0.1) is 0 Å². The van der Waals surface area contributed by atoms with Gasteiger partial charge >= 0.3 is 0 Å². The Hall–Kier alpha value is -2.98. The van der Waals surface area contributed by atoms with E-state index in [1.54, 1.807) is 18.2 Å². The summed E-state index contributed by atoms with van der Waals surface area (Å²) in [5.74, 6) is 1.25. The van der Waals surface area contributed by atoms with Crippen LogP contribution < -0.4 is 14.8 Å². The standard InChI is InChI=1S/C24H24ClNO3/c1-2-28-23-12-11-19(24(27)26-14-13-18-7-4-3-5-8-18)15-20(23)17-29-22-10-6-9-21(25)16-22/h3-12,15-16H,2,13-14,17H2,1H3,(H,26,27). The van der Waals surface area contributed by atoms with E-state index in [2.05, 4.69) is 5.32 Å². The number of ether oxygens (including phenoxy) is 2. The summed E-state index contributed by atoms with van der Waals surface area (Å²) in [6, 6.07) is 22.7. The van der Waals surface area contributed by atoms with E-state index in [-0.39, 0.29) is 12.5 Å². The molecule has 150 valence electrons. The average molecular weight is 410 g/mol. The third-order valence-corrected chi connectivity index (χ3v) is 4.59. The molecule has 0 radical (unpaired) electrons. The Balaban J connectivity index is 1.65. The maximum atomic E-state index is 12.6. The second-order valence-electron chi connectivity index (χ2n) is 6.49. The second-order valence-corrected chi connectivity index (χ2v) is 6.93. The molecule has 0 saturated carbocycles. The Morgan fingerprint density at radius 3 is 2.55 bits per heavy atom. The van der Waals surface area contributed by atoms with E-state index in [1.165, 1.54) is 5.56 Å². The van der Waals surface area contributed by atoms with Gasteiger partial charge in [-0.3, -0.25) is 4.79 Å². The number of carbonyl (C=O) groups excluding carboxylic acids is 1. The molecule has 0 bridgehead atoms. The van der Waals surface area contributed by atoms with E-state index < -0.39 is 0 Å². The molecule has 4 nitrogen and oxygen atoms in total. The van der Waals surface area contributed by atoms with Gasteiger partial charge in [-0.25, -0.2) is 0 Å². The lowest BCUT2D eigenvalue weighted by Crippen LogP contribution is -2.25. The highest BCUT2D eigenvalue weighted by molar-refractivity contribution is 6.30. The second kappa shape index (κ2) is 10.5. The summed E-state index contributed by atoms with van der Waals surface area (Å²) in [5, 5.41) is 3.58. The van der Waals surface area contributed by atoms with Crippen molar-refractivity contribution >= 4 is 17.5 Å². The van der Waals surface area contributed by atoms with Crippen LogP contribution >= 0.6 is 11.6 Å². The minimum Gasteiger partial charge on any atom is -0.493 e. The molecule has 0 saturated heterocycles. The Morgan fingerprint density at radius 1 is 0.966 bits per heavy atom. The summed E-state index contributed by atoms with van der Waals surface area (Å²) in [6.45, 7) is 3.31. The van der Waals surface area contributed by atoms with Gasteiger partial charge in [0.15, 0.2) is 0 Å². The van der Waals surface area contributed by atoms with Crippen molar-refractivity contribution in [3.63, 3.8) is 0 Å². The predicted molar refractivity (Wildman–Crippen MR) is 116 cm³/mol. The molecule has 3 aromatic rings. The quantitative estimate of drug-likeness (QED) is 0.522. The van der Waals surface area contributed by atoms with E-state index >= 15 is 0 Å². The van der Waals surface area contributed by atoms with Crippen molar-refractivity contribution in [2.45, 2.75) is 20.0 Å². The average Bonchev–Trinajstić information content (AvgIpc) is 2.74. The van der Waals surface area contributed by atoms with Gasteiger partial charge in [-0.1, -0.05) is 48.0 Å². The summed E-state index contributed by atoms with van der Waals surface area (Å²) in [5.41, 5.74) is 2.57. The van der Waals surface area contributed by atoms with Crippen LogP contribution in [-0.4, -0.2) is 19.1 Å². The monoisotopic (exact) mass is 409 g/mol. The molecule has 5 heteroatoms. The molecule has 0 fully saturated rings. The van der Waals surface area contributed by atoms with E-state index in [1.807, 2.05) is 61.5 Å². The van der Waals surface area contributed by atoms with Gasteiger partial charge in [-0.2, -0.15) is 0 Å². The zero-order valence-electron chi connectivity index (χ0n) is 16.4. The number of amides is 1. The lowest BCUT2D eigenvalue weighted by molar-refractivity contribution is 0.0954. The number of halogens is 1. The molecule has 0 aromatic heterocycles. The van der Waals surface area contributed by atoms with E-state index in [4.69, 9.17) is 21.1 Å². The third-order valence-electron chi connectivity index (χ3n) is 4.35. The number of benzene rings is 3. The maximum absolute atomic E-state index is 12.6. The highest BCUT2D eigenvalue weighted by Crippen LogP contribution is 2.24. The molecular formula is C24H24ClNO3. The largest absolute Gasteiger partial charge is 0.493 e. The van der Waals surface area contributed by atoms with Gasteiger partial charge in [-0.15, -0.1) is 0 Å². The van der Waals surface area contributed by atoms with Crippen molar-refractivity contribution in [1.82, 2.24) is 5.32 Å². The van der Waals surface area contributed by atoms with Gasteiger partial charge in [0.2, 0.25) is 0 Å². The Bertz CT molecular complexity index is 944. The Labute approximate surface area is 176 Å². The van der Waals surface area contributed by atoms with Gasteiger partial charge < -0.3 is 14.8 Å². The molecule has 29 heavy (non-hydrogen) atoms. The number of hydrogen-bond acceptors (Lipinski definition) is 3. The van der Waals surface area contributed by atoms with Gasteiger partial charge in [-0.05, 0) is 55.3 Å². The fourth-order valence-electron chi connectivity index (χ4n) is 2.91. The minimum absolute atomic E-state index is 0.118. The van der Waals surface area contributed by atoms with Crippen molar-refractivity contribution < 1.29 is 14.3 Å². The normalized spacial score (nSPS) is 10.4. The van der Waals surface area contributed by atoms with Gasteiger partial charge in [0.1, 0.15) is 18.1 Å². The number of rotatable bonds is 9. The minimum atomic E-state index is -0.118. The van der Waals surface area contributed by atoms with Crippen molar-refractivity contribution in [1.29, 1.82) is 0 Å². The molecule has 0 atom stereocenters. The Morgan fingerprint density at radius 2 is 1.79 bits per heavy atom. The van der Waals surface area contributed by atoms with Crippen LogP contribution in [0.3, 0.4) is 0 Å². The molecule has 0 heterocycles. The summed E-state index contributed by atoms with van der Waals surface area (Å²) in [7, 11) is 0. The topological polar surface area (TPSA) is 47.6 Å². The maximum Gasteiger partial charge on any atom is 0.251 e. The first kappa shape index (κ1) is 20.7. The summed E-state index contributed by atoms with van der Waals surface area (Å²) < 4.78 is 11.5. The van der Waals surface area contributed by atoms with E-state index in [9.17, 15) is 4.79 Å². The molecule has 3 rings (SSSR count). The smallest absolute Gasteiger partial charge is 0.251 e. The SMILES string of the molecule is CCOc1ccc(C(=O)NCCc2ccccc2)cc1COc1cccc(Cl)c1. The zero-order valence-corrected chi connectivity index (χ0v) is 17.1. The van der Waals surface area contributed by atoms with Crippen molar-refractivity contribution in [2.75, 3.05) is 13.2 Å². The first-order valence-electron chi connectivity index (χ1n) is 9.62. The van der Waals surface area contributed by atoms with Crippen LogP contribution in [0.1, 0.15) is 28.4 Å². The fraction of sp³-hybridized carbons (Fsp3) is 0.208. The zero-order chi connectivity index (χ0) is 20.5. The molecule has 0 unspecified atom stereocenters. The van der Waals surface area contributed by atoms with Crippen molar-refractivity contribution in [3.05, 3.63) is 94.5 Å². The number of carbonyl (C=O) groups is 1. The predicted octanol–water partition coefficient (Wildman–Crippen LogP) is 5.29. The molecule has 1 N–H and O–H groups in total. The van der Waals surface area contributed by atoms with Gasteiger partial charge in [0.25, 0.3) is 5.91 Å². The van der Waals surface area contributed by atoms with Crippen LogP contribution in [0.4, 0.5) is 0 Å². The highest BCUT2D eigenvalue weighted by atomic mass is 35.5. The fourth-order valence-corrected chi connectivity index (χ4v) is 3.10. The summed E-state index contributed by atoms with van der Waals surface area (Å²) in [4.78, 5) is 12.6. The van der Waals surface area contributed by atoms with E-state index in [0.29, 0.717) is 35.2 Å². The molecule has 0 spiro atoms. The first-order chi connectivity index (χ1) is 14.2. The van der Waals surface area contributed by atoms with Gasteiger partial charge in [0.05, 0.1) is 6.61 Å². The lowest BCUT2D eigenvalue weighted by atomic mass is 10.1. The van der Waals surface area contributed by atoms with Gasteiger partial charge in [0, 0.05) is 22.7 Å². The summed E-state index contributed by atoms with van der Waals surface area (Å²) in [6.07, 6.45) is 0.786. The summed E-state index contributed by atoms with van der Waals surface area (Å²) >= 11 is 6.01. The first-order valence-corrected chi connectivity index (χ1v) is 9.99. The number of nitrogens with one attached hydrogen (secondary N) is 1. The van der Waals surface area contributed by atoms with Crippen LogP contribution in [0.2, 0.25) is 5.02 Å². The van der Waals surface area contributed by atoms with Crippen LogP contribution in [0.25, 0.3) is 0 Å². The van der Waals surface area contributed by atoms with E-state index in [0.717, 1.165) is 12.0 Å². The number of hydrogen-bond donors (Lipinski definition) is 1. The van der Waals surface area contributed by atoms with Crippen molar-refractivity contribution in [2.24, 2.45) is 0 Å². The molecule has 3 aromatic carbocycles. The van der Waals surface area contributed by atoms with Crippen molar-refractivity contribution in [3.8, 4) is 11.5 Å². The van der Waals surface area contributed by atoms with Crippen LogP contribution in [0.15, 0.2) is 72.8 Å². The molecular weight excluding hydrogens is 386 g/mol. The van der Waals surface area contributed by atoms with Crippen LogP contribution in [-0.2, 0) is 13.0 Å². The van der Waals surface area contributed by atoms with Crippen LogP contribution in [0.5, 0.6) is 11.5 Å². The molecule has 1 amide bonds. The highest BCUT2D eigenvalue weighted by Gasteiger charge is 2.11. The lowest BCUT2D eigenvalue weighted by Gasteiger charge is -2.14. The molecule has 0 aliphatic rings. The molecule has 0 aliphatic carbocycles. The third kappa shape index (κ3) is 6.26. The molecule has 0 aliphatic heterocycles. The Kier molecular flexibility index (Phi) is 7.54.